The van der Waals surface area contributed by atoms with E-state index in [1.54, 1.807) is 36.4 Å². The van der Waals surface area contributed by atoms with Gasteiger partial charge in [0.05, 0.1) is 17.6 Å². The number of nitro groups is 1. The normalized spacial score (nSPS) is 21.8. The van der Waals surface area contributed by atoms with E-state index in [4.69, 9.17) is 9.47 Å². The van der Waals surface area contributed by atoms with E-state index in [0.29, 0.717) is 25.3 Å². The third-order valence-electron chi connectivity index (χ3n) is 6.40. The molecule has 0 aliphatic carbocycles. The molecule has 2 aromatic carbocycles. The maximum Gasteiger partial charge on any atom is 0.269 e. The van der Waals surface area contributed by atoms with Crippen molar-refractivity contribution in [2.45, 2.75) is 39.3 Å². The fourth-order valence-electron chi connectivity index (χ4n) is 4.74. The fraction of sp³-hybridized carbons (Fsp3) is 0.458. The van der Waals surface area contributed by atoms with Crippen LogP contribution in [0.25, 0.3) is 0 Å². The third-order valence-corrected chi connectivity index (χ3v) is 6.40. The van der Waals surface area contributed by atoms with Gasteiger partial charge in [-0.1, -0.05) is 13.8 Å². The van der Waals surface area contributed by atoms with Gasteiger partial charge in [0.1, 0.15) is 5.75 Å². The Hall–Kier alpha value is -3.13. The maximum atomic E-state index is 12.7. The van der Waals surface area contributed by atoms with Gasteiger partial charge in [0, 0.05) is 59.5 Å². The van der Waals surface area contributed by atoms with Crippen molar-refractivity contribution in [3.8, 4) is 5.75 Å². The monoisotopic (exact) mass is 439 g/mol. The van der Waals surface area contributed by atoms with Crippen molar-refractivity contribution >= 4 is 17.3 Å². The Morgan fingerprint density at radius 1 is 1.28 bits per heavy atom. The van der Waals surface area contributed by atoms with Gasteiger partial charge in [-0.25, -0.2) is 0 Å². The molecule has 0 bridgehead atoms. The molecule has 0 aromatic heterocycles. The molecule has 0 saturated carbocycles. The number of ether oxygens (including phenoxy) is 2. The van der Waals surface area contributed by atoms with E-state index in [0.717, 1.165) is 23.4 Å². The maximum absolute atomic E-state index is 12.7. The summed E-state index contributed by atoms with van der Waals surface area (Å²) < 4.78 is 11.4. The number of rotatable bonds is 7. The fourth-order valence-corrected chi connectivity index (χ4v) is 4.74. The molecule has 2 aromatic rings. The summed E-state index contributed by atoms with van der Waals surface area (Å²) in [5.41, 5.74) is 2.07. The first kappa shape index (κ1) is 22.1. The molecule has 170 valence electrons. The highest BCUT2D eigenvalue weighted by atomic mass is 16.6. The Kier molecular flexibility index (Phi) is 6.06. The lowest BCUT2D eigenvalue weighted by Gasteiger charge is -2.44. The van der Waals surface area contributed by atoms with Crippen LogP contribution in [0.4, 0.5) is 11.4 Å². The van der Waals surface area contributed by atoms with Crippen molar-refractivity contribution in [3.05, 3.63) is 63.7 Å². The number of hydrogen-bond donors (Lipinski definition) is 2. The number of amides is 1. The molecular weight excluding hydrogens is 410 g/mol. The first-order valence-electron chi connectivity index (χ1n) is 11.0. The van der Waals surface area contributed by atoms with Gasteiger partial charge in [0.15, 0.2) is 0 Å². The molecule has 32 heavy (non-hydrogen) atoms. The number of carbonyl (C=O) groups excluding carboxylic acids is 1. The van der Waals surface area contributed by atoms with Crippen molar-refractivity contribution < 1.29 is 19.2 Å². The molecule has 0 spiro atoms. The highest BCUT2D eigenvalue weighted by Crippen LogP contribution is 2.49. The largest absolute Gasteiger partial charge is 0.494 e. The van der Waals surface area contributed by atoms with Gasteiger partial charge in [-0.15, -0.1) is 0 Å². The van der Waals surface area contributed by atoms with Crippen LogP contribution in [-0.4, -0.2) is 36.6 Å². The van der Waals surface area contributed by atoms with E-state index in [1.807, 2.05) is 6.92 Å². The number of nitro benzene ring substituents is 1. The zero-order valence-corrected chi connectivity index (χ0v) is 18.6. The highest BCUT2D eigenvalue weighted by Gasteiger charge is 2.47. The summed E-state index contributed by atoms with van der Waals surface area (Å²) in [4.78, 5) is 23.5. The molecule has 1 saturated heterocycles. The van der Waals surface area contributed by atoms with Gasteiger partial charge in [0.25, 0.3) is 11.6 Å². The molecular formula is C24H29N3O5. The third kappa shape index (κ3) is 4.27. The standard InChI is InChI=1S/C24H29N3O5/c1-4-31-17-8-5-15(6-9-17)23(28)25-14-24(2,3)22-18-11-12-32-21(18)19-13-16(27(29)30)7-10-20(19)26-22/h5-10,13,18,21-22,26H,4,11-12,14H2,1-3H3,(H,25,28). The smallest absolute Gasteiger partial charge is 0.269 e. The Labute approximate surface area is 187 Å². The lowest BCUT2D eigenvalue weighted by Crippen LogP contribution is -2.51. The SMILES string of the molecule is CCOc1ccc(C(=O)NCC(C)(C)C2Nc3ccc([N+](=O)[O-])cc3C3OCCC32)cc1. The molecule has 1 fully saturated rings. The Balaban J connectivity index is 1.48. The average molecular weight is 440 g/mol. The number of nitrogens with one attached hydrogen (secondary N) is 2. The van der Waals surface area contributed by atoms with Crippen LogP contribution in [0.5, 0.6) is 5.75 Å². The summed E-state index contributed by atoms with van der Waals surface area (Å²) in [6, 6.07) is 12.0. The quantitative estimate of drug-likeness (QED) is 0.492. The zero-order valence-electron chi connectivity index (χ0n) is 18.6. The average Bonchev–Trinajstić information content (AvgIpc) is 3.27. The Bertz CT molecular complexity index is 1010. The lowest BCUT2D eigenvalue weighted by atomic mass is 9.71. The summed E-state index contributed by atoms with van der Waals surface area (Å²) in [5.74, 6) is 0.774. The number of anilines is 1. The van der Waals surface area contributed by atoms with Crippen LogP contribution in [0.3, 0.4) is 0 Å². The molecule has 8 nitrogen and oxygen atoms in total. The molecule has 0 radical (unpaired) electrons. The number of hydrogen-bond acceptors (Lipinski definition) is 6. The van der Waals surface area contributed by atoms with E-state index in [9.17, 15) is 14.9 Å². The van der Waals surface area contributed by atoms with E-state index in [2.05, 4.69) is 24.5 Å². The van der Waals surface area contributed by atoms with Crippen molar-refractivity contribution in [3.63, 3.8) is 0 Å². The number of carbonyl (C=O) groups is 1. The molecule has 8 heteroatoms. The van der Waals surface area contributed by atoms with Crippen molar-refractivity contribution in [2.24, 2.45) is 11.3 Å². The summed E-state index contributed by atoms with van der Waals surface area (Å²) in [6.45, 7) is 7.83. The Morgan fingerprint density at radius 3 is 2.72 bits per heavy atom. The first-order chi connectivity index (χ1) is 15.3. The molecule has 2 heterocycles. The van der Waals surface area contributed by atoms with Gasteiger partial charge in [-0.3, -0.25) is 14.9 Å². The minimum Gasteiger partial charge on any atom is -0.494 e. The molecule has 1 amide bonds. The topological polar surface area (TPSA) is 103 Å². The molecule has 3 atom stereocenters. The van der Waals surface area contributed by atoms with Gasteiger partial charge in [-0.2, -0.15) is 0 Å². The van der Waals surface area contributed by atoms with Crippen molar-refractivity contribution in [1.29, 1.82) is 0 Å². The first-order valence-corrected chi connectivity index (χ1v) is 11.0. The minimum absolute atomic E-state index is 0.0459. The van der Waals surface area contributed by atoms with Crippen molar-refractivity contribution in [2.75, 3.05) is 25.1 Å². The predicted molar refractivity (Wildman–Crippen MR) is 121 cm³/mol. The zero-order chi connectivity index (χ0) is 22.9. The van der Waals surface area contributed by atoms with E-state index in [1.165, 1.54) is 6.07 Å². The number of nitrogens with zero attached hydrogens (tertiary/aromatic N) is 1. The van der Waals surface area contributed by atoms with E-state index < -0.39 is 0 Å². The highest BCUT2D eigenvalue weighted by molar-refractivity contribution is 5.94. The summed E-state index contributed by atoms with van der Waals surface area (Å²) in [5, 5.41) is 17.9. The Morgan fingerprint density at radius 2 is 2.03 bits per heavy atom. The minimum atomic E-state index is -0.378. The van der Waals surface area contributed by atoms with E-state index in [-0.39, 0.29) is 40.0 Å². The van der Waals surface area contributed by atoms with Crippen LogP contribution in [0.15, 0.2) is 42.5 Å². The summed E-state index contributed by atoms with van der Waals surface area (Å²) >= 11 is 0. The van der Waals surface area contributed by atoms with Crippen LogP contribution in [0, 0.1) is 21.4 Å². The molecule has 2 aliphatic heterocycles. The second-order valence-electron chi connectivity index (χ2n) is 9.02. The predicted octanol–water partition coefficient (Wildman–Crippen LogP) is 4.32. The molecule has 2 aliphatic rings. The summed E-state index contributed by atoms with van der Waals surface area (Å²) in [7, 11) is 0. The lowest BCUT2D eigenvalue weighted by molar-refractivity contribution is -0.385. The van der Waals surface area contributed by atoms with Crippen LogP contribution in [0.2, 0.25) is 0 Å². The number of fused-ring (bicyclic) bond motifs is 3. The van der Waals surface area contributed by atoms with Crippen LogP contribution in [0.1, 0.15) is 49.2 Å². The van der Waals surface area contributed by atoms with Crippen LogP contribution in [-0.2, 0) is 4.74 Å². The van der Waals surface area contributed by atoms with Gasteiger partial charge >= 0.3 is 0 Å². The van der Waals surface area contributed by atoms with Gasteiger partial charge < -0.3 is 20.1 Å². The van der Waals surface area contributed by atoms with E-state index >= 15 is 0 Å². The molecule has 4 rings (SSSR count). The van der Waals surface area contributed by atoms with Gasteiger partial charge in [-0.05, 0) is 43.7 Å². The molecule has 3 unspecified atom stereocenters. The number of benzene rings is 2. The van der Waals surface area contributed by atoms with Gasteiger partial charge in [0.2, 0.25) is 0 Å². The van der Waals surface area contributed by atoms with Crippen LogP contribution >= 0.6 is 0 Å². The summed E-state index contributed by atoms with van der Waals surface area (Å²) in [6.07, 6.45) is 0.679. The second-order valence-corrected chi connectivity index (χ2v) is 9.02. The second kappa shape index (κ2) is 8.78. The van der Waals surface area contributed by atoms with Crippen molar-refractivity contribution in [1.82, 2.24) is 5.32 Å². The molecule has 2 N–H and O–H groups in total. The number of non-ortho nitro benzene ring substituents is 1. The van der Waals surface area contributed by atoms with Crippen LogP contribution < -0.4 is 15.4 Å².